The van der Waals surface area contributed by atoms with E-state index in [1.165, 1.54) is 10.7 Å². The number of benzene rings is 3. The topological polar surface area (TPSA) is 73.7 Å². The summed E-state index contributed by atoms with van der Waals surface area (Å²) in [6.45, 7) is 3.46. The number of hydrogen-bond donors (Lipinski definition) is 0. The van der Waals surface area contributed by atoms with Crippen LogP contribution in [0.25, 0.3) is 10.8 Å². The molecule has 202 valence electrons. The fraction of sp³-hybridized carbons (Fsp3) is 0.323. The fourth-order valence-electron chi connectivity index (χ4n) is 4.96. The predicted octanol–water partition coefficient (Wildman–Crippen LogP) is 4.67. The summed E-state index contributed by atoms with van der Waals surface area (Å²) in [6.07, 6.45) is 2.25. The minimum atomic E-state index is -0.285. The van der Waals surface area contributed by atoms with Gasteiger partial charge in [0.25, 0.3) is 5.56 Å². The van der Waals surface area contributed by atoms with Crippen molar-refractivity contribution in [2.45, 2.75) is 45.4 Å². The highest BCUT2D eigenvalue weighted by Gasteiger charge is 2.24. The molecule has 0 spiro atoms. The maximum absolute atomic E-state index is 13.9. The van der Waals surface area contributed by atoms with Gasteiger partial charge in [-0.05, 0) is 55.2 Å². The zero-order chi connectivity index (χ0) is 27.2. The van der Waals surface area contributed by atoms with E-state index in [-0.39, 0.29) is 29.9 Å². The molecule has 5 rings (SSSR count). The Morgan fingerprint density at radius 1 is 1.10 bits per heavy atom. The molecule has 0 saturated carbocycles. The number of carbonyl (C=O) groups is 1. The lowest BCUT2D eigenvalue weighted by atomic mass is 10.1. The normalized spacial score (nSPS) is 15.0. The molecular weight excluding hydrogens is 497 g/mol. The van der Waals surface area contributed by atoms with Crippen molar-refractivity contribution < 1.29 is 18.7 Å². The summed E-state index contributed by atoms with van der Waals surface area (Å²) in [5.41, 5.74) is 1.91. The highest BCUT2D eigenvalue weighted by molar-refractivity contribution is 5.83. The van der Waals surface area contributed by atoms with Crippen molar-refractivity contribution in [2.75, 3.05) is 19.8 Å². The first kappa shape index (κ1) is 26.6. The van der Waals surface area contributed by atoms with Gasteiger partial charge >= 0.3 is 0 Å². The highest BCUT2D eigenvalue weighted by atomic mass is 19.1. The van der Waals surface area contributed by atoms with Crippen LogP contribution in [0.3, 0.4) is 0 Å². The molecule has 0 bridgehead atoms. The molecule has 1 aliphatic heterocycles. The molecule has 1 fully saturated rings. The van der Waals surface area contributed by atoms with Gasteiger partial charge in [-0.25, -0.2) is 9.07 Å². The zero-order valence-electron chi connectivity index (χ0n) is 22.0. The van der Waals surface area contributed by atoms with Crippen LogP contribution in [-0.4, -0.2) is 46.5 Å². The van der Waals surface area contributed by atoms with E-state index in [4.69, 9.17) is 9.47 Å². The summed E-state index contributed by atoms with van der Waals surface area (Å²) in [5, 5.41) is 5.75. The Morgan fingerprint density at radius 2 is 1.90 bits per heavy atom. The molecule has 7 nitrogen and oxygen atoms in total. The number of carbonyl (C=O) groups excluding carboxylic acids is 1. The van der Waals surface area contributed by atoms with Crippen LogP contribution in [0.2, 0.25) is 0 Å². The van der Waals surface area contributed by atoms with Crippen molar-refractivity contribution in [1.29, 1.82) is 0 Å². The first-order chi connectivity index (χ1) is 19.0. The summed E-state index contributed by atoms with van der Waals surface area (Å²) in [4.78, 5) is 28.4. The maximum Gasteiger partial charge on any atom is 0.275 e. The van der Waals surface area contributed by atoms with Gasteiger partial charge in [0.15, 0.2) is 0 Å². The Balaban J connectivity index is 1.30. The highest BCUT2D eigenvalue weighted by Crippen LogP contribution is 2.19. The lowest BCUT2D eigenvalue weighted by molar-refractivity contribution is -0.134. The van der Waals surface area contributed by atoms with Gasteiger partial charge in [0, 0.05) is 31.5 Å². The van der Waals surface area contributed by atoms with Gasteiger partial charge < -0.3 is 14.4 Å². The fourth-order valence-corrected chi connectivity index (χ4v) is 4.96. The molecule has 0 N–H and O–H groups in total. The van der Waals surface area contributed by atoms with Crippen LogP contribution in [0, 0.1) is 12.7 Å². The second kappa shape index (κ2) is 12.2. The summed E-state index contributed by atoms with van der Waals surface area (Å²) >= 11 is 0. The molecule has 39 heavy (non-hydrogen) atoms. The third kappa shape index (κ3) is 6.52. The predicted molar refractivity (Wildman–Crippen MR) is 147 cm³/mol. The molecule has 0 aliphatic carbocycles. The third-order valence-electron chi connectivity index (χ3n) is 7.01. The summed E-state index contributed by atoms with van der Waals surface area (Å²) < 4.78 is 26.9. The molecule has 4 aromatic rings. The van der Waals surface area contributed by atoms with Crippen LogP contribution in [-0.2, 0) is 29.0 Å². The number of amides is 1. The van der Waals surface area contributed by atoms with E-state index in [9.17, 15) is 14.0 Å². The molecule has 3 aromatic carbocycles. The number of hydrogen-bond acceptors (Lipinski definition) is 5. The zero-order valence-corrected chi connectivity index (χ0v) is 22.0. The lowest BCUT2D eigenvalue weighted by Gasteiger charge is -2.26. The number of aromatic nitrogens is 2. The molecule has 1 atom stereocenters. The van der Waals surface area contributed by atoms with Crippen LogP contribution >= 0.6 is 0 Å². The molecule has 1 saturated heterocycles. The first-order valence-electron chi connectivity index (χ1n) is 13.3. The number of halogens is 1. The largest absolute Gasteiger partial charge is 0.493 e. The van der Waals surface area contributed by atoms with Crippen LogP contribution in [0.4, 0.5) is 4.39 Å². The van der Waals surface area contributed by atoms with Crippen molar-refractivity contribution in [3.63, 3.8) is 0 Å². The Labute approximate surface area is 226 Å². The smallest absolute Gasteiger partial charge is 0.275 e. The van der Waals surface area contributed by atoms with Gasteiger partial charge in [0.2, 0.25) is 5.91 Å². The monoisotopic (exact) mass is 529 g/mol. The average molecular weight is 530 g/mol. The van der Waals surface area contributed by atoms with E-state index in [1.807, 2.05) is 55.5 Å². The second-order valence-corrected chi connectivity index (χ2v) is 9.84. The molecule has 0 unspecified atom stereocenters. The van der Waals surface area contributed by atoms with Gasteiger partial charge in [0.05, 0.1) is 23.8 Å². The van der Waals surface area contributed by atoms with Gasteiger partial charge in [-0.2, -0.15) is 5.10 Å². The average Bonchev–Trinajstić information content (AvgIpc) is 3.46. The van der Waals surface area contributed by atoms with Crippen molar-refractivity contribution in [3.8, 4) is 5.75 Å². The molecule has 1 aliphatic rings. The van der Waals surface area contributed by atoms with Crippen LogP contribution < -0.4 is 10.3 Å². The number of aryl methyl sites for hydroxylation is 1. The van der Waals surface area contributed by atoms with Crippen molar-refractivity contribution in [2.24, 2.45) is 0 Å². The van der Waals surface area contributed by atoms with Gasteiger partial charge in [-0.3, -0.25) is 9.59 Å². The number of rotatable bonds is 10. The molecule has 1 aromatic heterocycles. The van der Waals surface area contributed by atoms with Gasteiger partial charge in [-0.1, -0.05) is 48.5 Å². The molecule has 8 heteroatoms. The van der Waals surface area contributed by atoms with E-state index >= 15 is 0 Å². The molecule has 1 amide bonds. The van der Waals surface area contributed by atoms with Crippen molar-refractivity contribution in [3.05, 3.63) is 106 Å². The van der Waals surface area contributed by atoms with Crippen LogP contribution in [0.15, 0.2) is 77.6 Å². The van der Waals surface area contributed by atoms with E-state index in [0.29, 0.717) is 55.1 Å². The van der Waals surface area contributed by atoms with E-state index < -0.39 is 0 Å². The second-order valence-electron chi connectivity index (χ2n) is 9.84. The minimum absolute atomic E-state index is 0.0443. The summed E-state index contributed by atoms with van der Waals surface area (Å²) in [6, 6.07) is 21.5. The Hall–Kier alpha value is -4.04. The Kier molecular flexibility index (Phi) is 8.32. The maximum atomic E-state index is 13.9. The van der Waals surface area contributed by atoms with Gasteiger partial charge in [0.1, 0.15) is 18.1 Å². The number of fused-ring (bicyclic) bond motifs is 1. The lowest BCUT2D eigenvalue weighted by Crippen LogP contribution is -2.41. The van der Waals surface area contributed by atoms with Gasteiger partial charge in [-0.15, -0.1) is 0 Å². The number of ether oxygens (including phenoxy) is 2. The minimum Gasteiger partial charge on any atom is -0.493 e. The third-order valence-corrected chi connectivity index (χ3v) is 7.01. The Morgan fingerprint density at radius 3 is 2.69 bits per heavy atom. The van der Waals surface area contributed by atoms with Crippen LogP contribution in [0.1, 0.15) is 29.7 Å². The summed E-state index contributed by atoms with van der Waals surface area (Å²) in [5.74, 6) is 0.199. The molecular formula is C31H32FN3O4. The first-order valence-corrected chi connectivity index (χ1v) is 13.3. The molecule has 2 heterocycles. The van der Waals surface area contributed by atoms with E-state index in [0.717, 1.165) is 23.8 Å². The van der Waals surface area contributed by atoms with E-state index in [1.54, 1.807) is 23.1 Å². The standard InChI is InChI=1S/C31H32FN3O4/c1-22-27-12-3-4-13-28(27)31(37)35(33-22)21-30(36)34(20-26-11-7-16-38-26)19-23-8-6-10-25(18-23)39-17-15-24-9-2-5-14-29(24)32/h2-6,8-10,12-14,18,26H,7,11,15-17,19-21H2,1H3/t26-/m0/s1. The quantitative estimate of drug-likeness (QED) is 0.299. The SMILES string of the molecule is Cc1nn(CC(=O)N(Cc2cccc(OCCc3ccccc3F)c2)C[C@@H]2CCCO2)c(=O)c2ccccc12. The molecule has 0 radical (unpaired) electrons. The van der Waals surface area contributed by atoms with Crippen molar-refractivity contribution in [1.82, 2.24) is 14.7 Å². The van der Waals surface area contributed by atoms with Crippen LogP contribution in [0.5, 0.6) is 5.75 Å². The Bertz CT molecular complexity index is 1510. The summed E-state index contributed by atoms with van der Waals surface area (Å²) in [7, 11) is 0. The van der Waals surface area contributed by atoms with Crippen molar-refractivity contribution >= 4 is 16.7 Å². The van der Waals surface area contributed by atoms with E-state index in [2.05, 4.69) is 5.10 Å². The number of nitrogens with zero attached hydrogens (tertiary/aromatic N) is 3.